The third-order valence-corrected chi connectivity index (χ3v) is 2.98. The van der Waals surface area contributed by atoms with Gasteiger partial charge in [-0.3, -0.25) is 19.7 Å². The van der Waals surface area contributed by atoms with Gasteiger partial charge in [0.2, 0.25) is 0 Å². The minimum absolute atomic E-state index is 0.0379. The van der Waals surface area contributed by atoms with Gasteiger partial charge in [0.15, 0.2) is 5.78 Å². The predicted octanol–water partition coefficient (Wildman–Crippen LogP) is 2.15. The molecule has 0 bridgehead atoms. The Morgan fingerprint density at radius 3 is 2.41 bits per heavy atom. The predicted molar refractivity (Wildman–Crippen MR) is 59.8 cm³/mol. The van der Waals surface area contributed by atoms with Gasteiger partial charge in [-0.25, -0.2) is 0 Å². The summed E-state index contributed by atoms with van der Waals surface area (Å²) in [6.07, 6.45) is 1.36. The number of nitrogens with zero attached hydrogens (tertiary/aromatic N) is 1. The molecule has 1 aromatic rings. The second kappa shape index (κ2) is 4.45. The van der Waals surface area contributed by atoms with E-state index >= 15 is 0 Å². The molecule has 88 valence electrons. The Hall–Kier alpha value is -2.04. The zero-order valence-corrected chi connectivity index (χ0v) is 9.09. The molecule has 0 N–H and O–H groups in total. The normalized spacial score (nSPS) is 19.3. The van der Waals surface area contributed by atoms with Crippen molar-refractivity contribution in [3.8, 4) is 0 Å². The molecule has 5 heteroatoms. The second-order valence-corrected chi connectivity index (χ2v) is 4.15. The Kier molecular flexibility index (Phi) is 2.99. The van der Waals surface area contributed by atoms with Crippen LogP contribution in [0.5, 0.6) is 0 Å². The fourth-order valence-electron chi connectivity index (χ4n) is 2.02. The second-order valence-electron chi connectivity index (χ2n) is 4.15. The van der Waals surface area contributed by atoms with Crippen LogP contribution in [0.1, 0.15) is 29.6 Å². The zero-order chi connectivity index (χ0) is 12.4. The van der Waals surface area contributed by atoms with E-state index in [-0.39, 0.29) is 23.2 Å². The molecule has 0 aromatic heterocycles. The standard InChI is InChI=1S/C12H11NO4/c14-11-6-3-9(7-11)12(15)8-1-4-10(5-2-8)13(16)17/h1-2,4-5,9H,3,6-7H2. The van der Waals surface area contributed by atoms with E-state index in [2.05, 4.69) is 0 Å². The van der Waals surface area contributed by atoms with Crippen LogP contribution in [0.15, 0.2) is 24.3 Å². The summed E-state index contributed by atoms with van der Waals surface area (Å²) in [5, 5.41) is 10.5. The van der Waals surface area contributed by atoms with Crippen LogP contribution in [0, 0.1) is 16.0 Å². The molecule has 0 amide bonds. The molecule has 0 radical (unpaired) electrons. The van der Waals surface area contributed by atoms with Crippen molar-refractivity contribution in [2.75, 3.05) is 0 Å². The average Bonchev–Trinajstić information content (AvgIpc) is 2.75. The van der Waals surface area contributed by atoms with Gasteiger partial charge >= 0.3 is 0 Å². The molecule has 0 saturated heterocycles. The van der Waals surface area contributed by atoms with Gasteiger partial charge < -0.3 is 0 Å². The number of Topliss-reactive ketones (excluding diaryl/α,β-unsaturated/α-hetero) is 2. The molecular weight excluding hydrogens is 222 g/mol. The lowest BCUT2D eigenvalue weighted by Gasteiger charge is -2.06. The number of carbonyl (C=O) groups is 2. The fourth-order valence-corrected chi connectivity index (χ4v) is 2.02. The van der Waals surface area contributed by atoms with Gasteiger partial charge in [0.1, 0.15) is 5.78 Å². The maximum atomic E-state index is 12.0. The molecule has 0 aliphatic heterocycles. The van der Waals surface area contributed by atoms with Crippen LogP contribution < -0.4 is 0 Å². The highest BCUT2D eigenvalue weighted by Gasteiger charge is 2.28. The Morgan fingerprint density at radius 2 is 1.94 bits per heavy atom. The van der Waals surface area contributed by atoms with Crippen LogP contribution in [-0.2, 0) is 4.79 Å². The largest absolute Gasteiger partial charge is 0.300 e. The maximum absolute atomic E-state index is 12.0. The topological polar surface area (TPSA) is 77.3 Å². The lowest BCUT2D eigenvalue weighted by molar-refractivity contribution is -0.384. The van der Waals surface area contributed by atoms with Crippen LogP contribution in [0.2, 0.25) is 0 Å². The minimum atomic E-state index is -0.507. The smallest absolute Gasteiger partial charge is 0.269 e. The van der Waals surface area contributed by atoms with E-state index < -0.39 is 4.92 Å². The number of hydrogen-bond donors (Lipinski definition) is 0. The minimum Gasteiger partial charge on any atom is -0.300 e. The average molecular weight is 233 g/mol. The molecule has 1 unspecified atom stereocenters. The number of non-ortho nitro benzene ring substituents is 1. The zero-order valence-electron chi connectivity index (χ0n) is 9.09. The van der Waals surface area contributed by atoms with E-state index in [0.717, 1.165) is 0 Å². The third kappa shape index (κ3) is 2.38. The van der Waals surface area contributed by atoms with Crippen molar-refractivity contribution in [3.63, 3.8) is 0 Å². The molecule has 17 heavy (non-hydrogen) atoms. The monoisotopic (exact) mass is 233 g/mol. The van der Waals surface area contributed by atoms with Crippen LogP contribution in [0.4, 0.5) is 5.69 Å². The lowest BCUT2D eigenvalue weighted by Crippen LogP contribution is -2.11. The molecule has 0 spiro atoms. The van der Waals surface area contributed by atoms with Crippen molar-refractivity contribution >= 4 is 17.3 Å². The first-order chi connectivity index (χ1) is 8.08. The number of benzene rings is 1. The van der Waals surface area contributed by atoms with Crippen molar-refractivity contribution in [2.45, 2.75) is 19.3 Å². The highest BCUT2D eigenvalue weighted by Crippen LogP contribution is 2.26. The summed E-state index contributed by atoms with van der Waals surface area (Å²) in [5.41, 5.74) is 0.402. The summed E-state index contributed by atoms with van der Waals surface area (Å²) >= 11 is 0. The van der Waals surface area contributed by atoms with Gasteiger partial charge in [0.25, 0.3) is 5.69 Å². The first kappa shape index (κ1) is 11.4. The van der Waals surface area contributed by atoms with Crippen LogP contribution >= 0.6 is 0 Å². The fraction of sp³-hybridized carbons (Fsp3) is 0.333. The molecule has 1 aromatic carbocycles. The molecule has 1 saturated carbocycles. The van der Waals surface area contributed by atoms with E-state index in [9.17, 15) is 19.7 Å². The molecule has 1 aliphatic carbocycles. The van der Waals surface area contributed by atoms with Crippen molar-refractivity contribution in [3.05, 3.63) is 39.9 Å². The van der Waals surface area contributed by atoms with E-state index in [1.54, 1.807) is 0 Å². The van der Waals surface area contributed by atoms with E-state index in [1.807, 2.05) is 0 Å². The number of nitro groups is 1. The van der Waals surface area contributed by atoms with E-state index in [0.29, 0.717) is 24.8 Å². The molecule has 1 aliphatic rings. The maximum Gasteiger partial charge on any atom is 0.269 e. The van der Waals surface area contributed by atoms with Gasteiger partial charge in [0.05, 0.1) is 4.92 Å². The van der Waals surface area contributed by atoms with Gasteiger partial charge in [0, 0.05) is 36.5 Å². The van der Waals surface area contributed by atoms with Gasteiger partial charge in [-0.05, 0) is 18.6 Å². The number of ketones is 2. The quantitative estimate of drug-likeness (QED) is 0.455. The van der Waals surface area contributed by atoms with Crippen molar-refractivity contribution < 1.29 is 14.5 Å². The Bertz CT molecular complexity index is 478. The van der Waals surface area contributed by atoms with Crippen LogP contribution in [0.25, 0.3) is 0 Å². The van der Waals surface area contributed by atoms with Gasteiger partial charge in [-0.2, -0.15) is 0 Å². The molecule has 5 nitrogen and oxygen atoms in total. The molecule has 1 atom stereocenters. The molecular formula is C12H11NO4. The molecule has 1 fully saturated rings. The third-order valence-electron chi connectivity index (χ3n) is 2.98. The summed E-state index contributed by atoms with van der Waals surface area (Å²) < 4.78 is 0. The van der Waals surface area contributed by atoms with Crippen molar-refractivity contribution in [2.24, 2.45) is 5.92 Å². The number of nitro benzene ring substituents is 1. The van der Waals surface area contributed by atoms with Crippen LogP contribution in [-0.4, -0.2) is 16.5 Å². The summed E-state index contributed by atoms with van der Waals surface area (Å²) in [6, 6.07) is 5.51. The highest BCUT2D eigenvalue weighted by atomic mass is 16.6. The van der Waals surface area contributed by atoms with Crippen molar-refractivity contribution in [1.29, 1.82) is 0 Å². The number of hydrogen-bond acceptors (Lipinski definition) is 4. The summed E-state index contributed by atoms with van der Waals surface area (Å²) in [5.74, 6) is -0.222. The number of carbonyl (C=O) groups excluding carboxylic acids is 2. The van der Waals surface area contributed by atoms with Gasteiger partial charge in [-0.1, -0.05) is 0 Å². The summed E-state index contributed by atoms with van der Waals surface area (Å²) in [4.78, 5) is 33.0. The highest BCUT2D eigenvalue weighted by molar-refractivity contribution is 6.01. The number of rotatable bonds is 3. The lowest BCUT2D eigenvalue weighted by atomic mass is 9.96. The molecule has 2 rings (SSSR count). The van der Waals surface area contributed by atoms with E-state index in [4.69, 9.17) is 0 Å². The van der Waals surface area contributed by atoms with Crippen molar-refractivity contribution in [1.82, 2.24) is 0 Å². The summed E-state index contributed by atoms with van der Waals surface area (Å²) in [6.45, 7) is 0. The molecule has 0 heterocycles. The Morgan fingerprint density at radius 1 is 1.29 bits per heavy atom. The first-order valence-electron chi connectivity index (χ1n) is 5.38. The van der Waals surface area contributed by atoms with E-state index in [1.165, 1.54) is 24.3 Å². The first-order valence-corrected chi connectivity index (χ1v) is 5.38. The summed E-state index contributed by atoms with van der Waals surface area (Å²) in [7, 11) is 0. The SMILES string of the molecule is O=C1CCC(C(=O)c2ccc([N+](=O)[O-])cc2)C1. The Balaban J connectivity index is 2.14. The van der Waals surface area contributed by atoms with Gasteiger partial charge in [-0.15, -0.1) is 0 Å². The Labute approximate surface area is 97.6 Å². The van der Waals surface area contributed by atoms with Crippen LogP contribution in [0.3, 0.4) is 0 Å².